The highest BCUT2D eigenvalue weighted by atomic mass is 32.1. The van der Waals surface area contributed by atoms with E-state index in [1.165, 1.54) is 12.0 Å². The quantitative estimate of drug-likeness (QED) is 0.867. The van der Waals surface area contributed by atoms with E-state index in [0.29, 0.717) is 6.04 Å². The summed E-state index contributed by atoms with van der Waals surface area (Å²) in [5.41, 5.74) is 1.64. The maximum absolute atomic E-state index is 5.47. The van der Waals surface area contributed by atoms with E-state index in [2.05, 4.69) is 47.9 Å². The molecule has 0 spiro atoms. The summed E-state index contributed by atoms with van der Waals surface area (Å²) in [6, 6.07) is 2.74. The van der Waals surface area contributed by atoms with Crippen molar-refractivity contribution in [1.82, 2.24) is 10.2 Å². The Morgan fingerprint density at radius 1 is 1.42 bits per heavy atom. The van der Waals surface area contributed by atoms with E-state index in [0.717, 1.165) is 32.7 Å². The fourth-order valence-electron chi connectivity index (χ4n) is 2.96. The molecule has 0 aromatic carbocycles. The molecule has 1 fully saturated rings. The molecule has 1 atom stereocenters. The van der Waals surface area contributed by atoms with E-state index in [-0.39, 0.29) is 5.54 Å². The second kappa shape index (κ2) is 6.84. The van der Waals surface area contributed by atoms with E-state index in [4.69, 9.17) is 4.74 Å². The molecule has 3 nitrogen and oxygen atoms in total. The van der Waals surface area contributed by atoms with Gasteiger partial charge in [0.1, 0.15) is 0 Å². The Balaban J connectivity index is 1.94. The minimum absolute atomic E-state index is 0.175. The minimum atomic E-state index is 0.175. The zero-order valence-electron chi connectivity index (χ0n) is 12.3. The molecule has 0 bridgehead atoms. The highest BCUT2D eigenvalue weighted by Crippen LogP contribution is 2.24. The van der Waals surface area contributed by atoms with Gasteiger partial charge in [0, 0.05) is 24.7 Å². The molecular formula is C15H26N2OS. The normalized spacial score (nSPS) is 19.5. The van der Waals surface area contributed by atoms with Crippen LogP contribution in [0.3, 0.4) is 0 Å². The van der Waals surface area contributed by atoms with Crippen molar-refractivity contribution in [2.75, 3.05) is 33.4 Å². The maximum atomic E-state index is 5.47. The van der Waals surface area contributed by atoms with Crippen molar-refractivity contribution in [3.05, 3.63) is 22.4 Å². The van der Waals surface area contributed by atoms with Crippen LogP contribution in [-0.2, 0) is 11.2 Å². The summed E-state index contributed by atoms with van der Waals surface area (Å²) >= 11 is 1.79. The standard InChI is InChI=1S/C15H26N2OS/c1-15(2,17-7-9-18-10-8-17)14(16-3)5-4-13-6-11-19-12-13/h6,11-12,14,16H,4-5,7-10H2,1-3H3. The number of aryl methyl sites for hydroxylation is 1. The largest absolute Gasteiger partial charge is 0.379 e. The van der Waals surface area contributed by atoms with E-state index >= 15 is 0 Å². The Labute approximate surface area is 121 Å². The van der Waals surface area contributed by atoms with Gasteiger partial charge in [-0.15, -0.1) is 0 Å². The zero-order valence-corrected chi connectivity index (χ0v) is 13.1. The van der Waals surface area contributed by atoms with Crippen LogP contribution in [-0.4, -0.2) is 49.8 Å². The molecule has 2 heterocycles. The SMILES string of the molecule is CNC(CCc1ccsc1)C(C)(C)N1CCOCC1. The summed E-state index contributed by atoms with van der Waals surface area (Å²) in [4.78, 5) is 2.56. The van der Waals surface area contributed by atoms with Gasteiger partial charge in [0.15, 0.2) is 0 Å². The summed E-state index contributed by atoms with van der Waals surface area (Å²) in [7, 11) is 2.08. The van der Waals surface area contributed by atoms with Gasteiger partial charge >= 0.3 is 0 Å². The number of likely N-dealkylation sites (N-methyl/N-ethyl adjacent to an activating group) is 1. The van der Waals surface area contributed by atoms with Gasteiger partial charge in [0.25, 0.3) is 0 Å². The Kier molecular flexibility index (Phi) is 5.39. The molecule has 0 saturated carbocycles. The smallest absolute Gasteiger partial charge is 0.0594 e. The number of thiophene rings is 1. The molecule has 0 amide bonds. The van der Waals surface area contributed by atoms with Crippen molar-refractivity contribution in [3.8, 4) is 0 Å². The fourth-order valence-corrected chi connectivity index (χ4v) is 3.66. The van der Waals surface area contributed by atoms with Crippen LogP contribution in [0.4, 0.5) is 0 Å². The monoisotopic (exact) mass is 282 g/mol. The molecule has 108 valence electrons. The number of ether oxygens (including phenoxy) is 1. The first-order valence-electron chi connectivity index (χ1n) is 7.15. The molecule has 1 aliphatic rings. The first kappa shape index (κ1) is 15.0. The maximum Gasteiger partial charge on any atom is 0.0594 e. The second-order valence-corrected chi connectivity index (χ2v) is 6.54. The summed E-state index contributed by atoms with van der Waals surface area (Å²) in [5.74, 6) is 0. The van der Waals surface area contributed by atoms with Crippen LogP contribution < -0.4 is 5.32 Å². The van der Waals surface area contributed by atoms with Crippen LogP contribution >= 0.6 is 11.3 Å². The second-order valence-electron chi connectivity index (χ2n) is 5.76. The van der Waals surface area contributed by atoms with Gasteiger partial charge < -0.3 is 10.1 Å². The summed E-state index contributed by atoms with van der Waals surface area (Å²) < 4.78 is 5.47. The third kappa shape index (κ3) is 3.78. The average Bonchev–Trinajstić information content (AvgIpc) is 2.93. The van der Waals surface area contributed by atoms with Gasteiger partial charge in [-0.25, -0.2) is 0 Å². The van der Waals surface area contributed by atoms with Crippen LogP contribution in [0, 0.1) is 0 Å². The van der Waals surface area contributed by atoms with Gasteiger partial charge in [-0.2, -0.15) is 11.3 Å². The fraction of sp³-hybridized carbons (Fsp3) is 0.733. The first-order valence-corrected chi connectivity index (χ1v) is 8.10. The number of nitrogens with zero attached hydrogens (tertiary/aromatic N) is 1. The Morgan fingerprint density at radius 3 is 2.74 bits per heavy atom. The number of nitrogens with one attached hydrogen (secondary N) is 1. The summed E-state index contributed by atoms with van der Waals surface area (Å²) in [6.45, 7) is 8.53. The molecule has 1 unspecified atom stereocenters. The zero-order chi connectivity index (χ0) is 13.7. The molecule has 1 aromatic rings. The lowest BCUT2D eigenvalue weighted by Gasteiger charge is -2.46. The van der Waals surface area contributed by atoms with Crippen molar-refractivity contribution in [2.45, 2.75) is 38.3 Å². The molecule has 19 heavy (non-hydrogen) atoms. The summed E-state index contributed by atoms with van der Waals surface area (Å²) in [5, 5.41) is 7.94. The lowest BCUT2D eigenvalue weighted by Crippen LogP contribution is -2.59. The van der Waals surface area contributed by atoms with Gasteiger partial charge in [-0.1, -0.05) is 0 Å². The predicted molar refractivity (Wildman–Crippen MR) is 82.0 cm³/mol. The Bertz CT molecular complexity index is 358. The van der Waals surface area contributed by atoms with Gasteiger partial charge in [0.05, 0.1) is 13.2 Å². The van der Waals surface area contributed by atoms with E-state index in [1.807, 2.05) is 0 Å². The van der Waals surface area contributed by atoms with E-state index in [1.54, 1.807) is 11.3 Å². The number of hydrogen-bond acceptors (Lipinski definition) is 4. The van der Waals surface area contributed by atoms with Crippen LogP contribution in [0.5, 0.6) is 0 Å². The van der Waals surface area contributed by atoms with Crippen molar-refractivity contribution in [2.24, 2.45) is 0 Å². The molecule has 0 aliphatic carbocycles. The van der Waals surface area contributed by atoms with Crippen molar-refractivity contribution in [1.29, 1.82) is 0 Å². The molecule has 1 saturated heterocycles. The lowest BCUT2D eigenvalue weighted by molar-refractivity contribution is -0.0233. The van der Waals surface area contributed by atoms with Crippen molar-refractivity contribution >= 4 is 11.3 Å². The van der Waals surface area contributed by atoms with E-state index in [9.17, 15) is 0 Å². The van der Waals surface area contributed by atoms with Crippen LogP contribution in [0.25, 0.3) is 0 Å². The molecule has 4 heteroatoms. The lowest BCUT2D eigenvalue weighted by atomic mass is 9.88. The first-order chi connectivity index (χ1) is 9.14. The van der Waals surface area contributed by atoms with Gasteiger partial charge in [0.2, 0.25) is 0 Å². The highest BCUT2D eigenvalue weighted by Gasteiger charge is 2.34. The van der Waals surface area contributed by atoms with Gasteiger partial charge in [-0.3, -0.25) is 4.90 Å². The van der Waals surface area contributed by atoms with Crippen LogP contribution in [0.2, 0.25) is 0 Å². The number of morpholine rings is 1. The molecule has 2 rings (SSSR count). The Hall–Kier alpha value is -0.420. The average molecular weight is 282 g/mol. The predicted octanol–water partition coefficient (Wildman–Crippen LogP) is 2.38. The third-order valence-electron chi connectivity index (χ3n) is 4.33. The minimum Gasteiger partial charge on any atom is -0.379 e. The van der Waals surface area contributed by atoms with Crippen LogP contribution in [0.1, 0.15) is 25.8 Å². The topological polar surface area (TPSA) is 24.5 Å². The van der Waals surface area contributed by atoms with Crippen molar-refractivity contribution in [3.63, 3.8) is 0 Å². The van der Waals surface area contributed by atoms with E-state index < -0.39 is 0 Å². The number of hydrogen-bond donors (Lipinski definition) is 1. The van der Waals surface area contributed by atoms with Crippen LogP contribution in [0.15, 0.2) is 16.8 Å². The number of rotatable bonds is 6. The van der Waals surface area contributed by atoms with Gasteiger partial charge in [-0.05, 0) is 56.1 Å². The molecule has 1 aliphatic heterocycles. The molecular weight excluding hydrogens is 256 g/mol. The summed E-state index contributed by atoms with van der Waals surface area (Å²) in [6.07, 6.45) is 2.33. The molecule has 0 radical (unpaired) electrons. The third-order valence-corrected chi connectivity index (χ3v) is 5.06. The van der Waals surface area contributed by atoms with Crippen molar-refractivity contribution < 1.29 is 4.74 Å². The highest BCUT2D eigenvalue weighted by molar-refractivity contribution is 7.07. The molecule has 1 aromatic heterocycles. The molecule has 1 N–H and O–H groups in total. The Morgan fingerprint density at radius 2 is 2.16 bits per heavy atom.